The molecule has 1 fully saturated rings. The average Bonchev–Trinajstić information content (AvgIpc) is 2.48. The van der Waals surface area contributed by atoms with Gasteiger partial charge in [0.1, 0.15) is 0 Å². The molecule has 1 saturated carbocycles. The third kappa shape index (κ3) is 4.00. The van der Waals surface area contributed by atoms with Crippen molar-refractivity contribution in [3.05, 3.63) is 29.8 Å². The second-order valence-corrected chi connectivity index (χ2v) is 6.22. The Balaban J connectivity index is 1.91. The van der Waals surface area contributed by atoms with Crippen molar-refractivity contribution in [2.24, 2.45) is 5.92 Å². The number of rotatable bonds is 4. The molecule has 0 aromatic heterocycles. The molecule has 19 heavy (non-hydrogen) atoms. The van der Waals surface area contributed by atoms with Crippen LogP contribution in [-0.2, 0) is 4.79 Å². The van der Waals surface area contributed by atoms with Gasteiger partial charge in [0.15, 0.2) is 0 Å². The number of amides is 1. The van der Waals surface area contributed by atoms with Crippen LogP contribution in [0.3, 0.4) is 0 Å². The normalized spacial score (nSPS) is 18.0. The summed E-state index contributed by atoms with van der Waals surface area (Å²) in [4.78, 5) is 13.4. The second kappa shape index (κ2) is 6.99. The highest BCUT2D eigenvalue weighted by atomic mass is 32.2. The first-order valence-corrected chi connectivity index (χ1v) is 8.37. The molecule has 0 saturated heterocycles. The van der Waals surface area contributed by atoms with E-state index in [1.54, 1.807) is 11.8 Å². The van der Waals surface area contributed by atoms with Crippen LogP contribution in [0.4, 0.5) is 0 Å². The first-order chi connectivity index (χ1) is 9.20. The second-order valence-electron chi connectivity index (χ2n) is 5.34. The SMILES string of the molecule is CSc1ccc([C@H](C)NC(=O)C2CCCCC2)cc1. The molecule has 2 rings (SSSR count). The van der Waals surface area contributed by atoms with Crippen LogP contribution in [0.15, 0.2) is 29.2 Å². The van der Waals surface area contributed by atoms with Gasteiger partial charge in [0.25, 0.3) is 0 Å². The number of hydrogen-bond donors (Lipinski definition) is 1. The zero-order valence-corrected chi connectivity index (χ0v) is 12.6. The molecule has 1 aliphatic carbocycles. The van der Waals surface area contributed by atoms with Crippen molar-refractivity contribution in [1.29, 1.82) is 0 Å². The summed E-state index contributed by atoms with van der Waals surface area (Å²) in [5.41, 5.74) is 1.18. The van der Waals surface area contributed by atoms with Gasteiger partial charge in [-0.25, -0.2) is 0 Å². The summed E-state index contributed by atoms with van der Waals surface area (Å²) in [5, 5.41) is 3.16. The van der Waals surface area contributed by atoms with E-state index in [1.165, 1.54) is 29.7 Å². The predicted molar refractivity (Wildman–Crippen MR) is 81.4 cm³/mol. The number of benzene rings is 1. The smallest absolute Gasteiger partial charge is 0.223 e. The lowest BCUT2D eigenvalue weighted by atomic mass is 9.88. The molecule has 104 valence electrons. The molecule has 1 N–H and O–H groups in total. The van der Waals surface area contributed by atoms with E-state index in [-0.39, 0.29) is 17.9 Å². The third-order valence-electron chi connectivity index (χ3n) is 3.95. The maximum Gasteiger partial charge on any atom is 0.223 e. The van der Waals surface area contributed by atoms with Gasteiger partial charge in [-0.05, 0) is 43.7 Å². The number of thioether (sulfide) groups is 1. The zero-order valence-electron chi connectivity index (χ0n) is 11.8. The molecular weight excluding hydrogens is 254 g/mol. The number of carbonyl (C=O) groups is 1. The van der Waals surface area contributed by atoms with Gasteiger partial charge in [-0.1, -0.05) is 31.4 Å². The minimum absolute atomic E-state index is 0.102. The van der Waals surface area contributed by atoms with Gasteiger partial charge in [0.2, 0.25) is 5.91 Å². The number of carbonyl (C=O) groups excluding carboxylic acids is 1. The molecule has 2 nitrogen and oxygen atoms in total. The Bertz CT molecular complexity index is 409. The molecule has 0 bridgehead atoms. The molecule has 1 aromatic rings. The summed E-state index contributed by atoms with van der Waals surface area (Å²) in [6, 6.07) is 8.55. The molecule has 0 spiro atoms. The molecule has 1 aliphatic rings. The van der Waals surface area contributed by atoms with Gasteiger partial charge in [0.05, 0.1) is 6.04 Å². The van der Waals surface area contributed by atoms with Gasteiger partial charge >= 0.3 is 0 Å². The van der Waals surface area contributed by atoms with Gasteiger partial charge in [-0.15, -0.1) is 11.8 Å². The molecule has 1 amide bonds. The molecule has 0 heterocycles. The fourth-order valence-corrected chi connectivity index (χ4v) is 3.08. The van der Waals surface area contributed by atoms with Crippen molar-refractivity contribution in [2.75, 3.05) is 6.26 Å². The van der Waals surface area contributed by atoms with Crippen molar-refractivity contribution >= 4 is 17.7 Å². The third-order valence-corrected chi connectivity index (χ3v) is 4.69. The Morgan fingerprint density at radius 3 is 2.42 bits per heavy atom. The monoisotopic (exact) mass is 277 g/mol. The highest BCUT2D eigenvalue weighted by molar-refractivity contribution is 7.98. The topological polar surface area (TPSA) is 29.1 Å². The van der Waals surface area contributed by atoms with Crippen LogP contribution in [0.5, 0.6) is 0 Å². The van der Waals surface area contributed by atoms with E-state index in [0.717, 1.165) is 12.8 Å². The molecule has 1 atom stereocenters. The van der Waals surface area contributed by atoms with E-state index in [2.05, 4.69) is 42.8 Å². The zero-order chi connectivity index (χ0) is 13.7. The first kappa shape index (κ1) is 14.4. The molecule has 0 unspecified atom stereocenters. The van der Waals surface area contributed by atoms with Crippen LogP contribution in [0.25, 0.3) is 0 Å². The summed E-state index contributed by atoms with van der Waals surface area (Å²) >= 11 is 1.74. The quantitative estimate of drug-likeness (QED) is 0.837. The van der Waals surface area contributed by atoms with Gasteiger partial charge in [-0.2, -0.15) is 0 Å². The van der Waals surface area contributed by atoms with Crippen molar-refractivity contribution in [3.63, 3.8) is 0 Å². The fourth-order valence-electron chi connectivity index (χ4n) is 2.67. The summed E-state index contributed by atoms with van der Waals surface area (Å²) < 4.78 is 0. The van der Waals surface area contributed by atoms with Crippen LogP contribution >= 0.6 is 11.8 Å². The molecule has 1 aromatic carbocycles. The highest BCUT2D eigenvalue weighted by Gasteiger charge is 2.22. The largest absolute Gasteiger partial charge is 0.349 e. The maximum atomic E-state index is 12.2. The van der Waals surface area contributed by atoms with Crippen LogP contribution in [0.2, 0.25) is 0 Å². The average molecular weight is 277 g/mol. The van der Waals surface area contributed by atoms with Crippen LogP contribution in [0.1, 0.15) is 50.6 Å². The van der Waals surface area contributed by atoms with E-state index >= 15 is 0 Å². The van der Waals surface area contributed by atoms with Crippen molar-refractivity contribution in [3.8, 4) is 0 Å². The standard InChI is InChI=1S/C16H23NOS/c1-12(13-8-10-15(19-2)11-9-13)17-16(18)14-6-4-3-5-7-14/h8-12,14H,3-7H2,1-2H3,(H,17,18)/t12-/m0/s1. The van der Waals surface area contributed by atoms with E-state index < -0.39 is 0 Å². The number of hydrogen-bond acceptors (Lipinski definition) is 2. The minimum atomic E-state index is 0.102. The Labute approximate surface area is 120 Å². The maximum absolute atomic E-state index is 12.2. The Hall–Kier alpha value is -0.960. The van der Waals surface area contributed by atoms with Gasteiger partial charge in [0, 0.05) is 10.8 Å². The van der Waals surface area contributed by atoms with Crippen LogP contribution < -0.4 is 5.32 Å². The molecular formula is C16H23NOS. The molecule has 0 aliphatic heterocycles. The Morgan fingerprint density at radius 1 is 1.21 bits per heavy atom. The van der Waals surface area contributed by atoms with Gasteiger partial charge < -0.3 is 5.32 Å². The summed E-state index contributed by atoms with van der Waals surface area (Å²) in [6.07, 6.45) is 7.89. The Morgan fingerprint density at radius 2 is 1.84 bits per heavy atom. The molecule has 3 heteroatoms. The first-order valence-electron chi connectivity index (χ1n) is 7.15. The Kier molecular flexibility index (Phi) is 5.32. The molecule has 0 radical (unpaired) electrons. The lowest BCUT2D eigenvalue weighted by Gasteiger charge is -2.23. The van der Waals surface area contributed by atoms with E-state index in [4.69, 9.17) is 0 Å². The van der Waals surface area contributed by atoms with E-state index in [9.17, 15) is 4.79 Å². The number of nitrogens with one attached hydrogen (secondary N) is 1. The van der Waals surface area contributed by atoms with E-state index in [0.29, 0.717) is 0 Å². The predicted octanol–water partition coefficient (Wildman–Crippen LogP) is 4.17. The van der Waals surface area contributed by atoms with Gasteiger partial charge in [-0.3, -0.25) is 4.79 Å². The van der Waals surface area contributed by atoms with Crippen molar-refractivity contribution < 1.29 is 4.79 Å². The van der Waals surface area contributed by atoms with Crippen molar-refractivity contribution in [1.82, 2.24) is 5.32 Å². The lowest BCUT2D eigenvalue weighted by Crippen LogP contribution is -2.33. The van der Waals surface area contributed by atoms with Crippen LogP contribution in [-0.4, -0.2) is 12.2 Å². The fraction of sp³-hybridized carbons (Fsp3) is 0.562. The van der Waals surface area contributed by atoms with Crippen molar-refractivity contribution in [2.45, 2.75) is 50.0 Å². The van der Waals surface area contributed by atoms with E-state index in [1.807, 2.05) is 0 Å². The van der Waals surface area contributed by atoms with Crippen LogP contribution in [0, 0.1) is 5.92 Å². The lowest BCUT2D eigenvalue weighted by molar-refractivity contribution is -0.126. The summed E-state index contributed by atoms with van der Waals surface area (Å²) in [6.45, 7) is 2.06. The minimum Gasteiger partial charge on any atom is -0.349 e. The summed E-state index contributed by atoms with van der Waals surface area (Å²) in [7, 11) is 0. The summed E-state index contributed by atoms with van der Waals surface area (Å²) in [5.74, 6) is 0.475. The highest BCUT2D eigenvalue weighted by Crippen LogP contribution is 2.25.